The molecule has 0 fully saturated rings. The highest BCUT2D eigenvalue weighted by Crippen LogP contribution is 2.17. The van der Waals surface area contributed by atoms with Crippen LogP contribution in [-0.4, -0.2) is 28.2 Å². The predicted octanol–water partition coefficient (Wildman–Crippen LogP) is 0.522. The van der Waals surface area contributed by atoms with E-state index in [1.54, 1.807) is 12.1 Å². The average molecular weight is 236 g/mol. The Hall–Kier alpha value is -2.57. The summed E-state index contributed by atoms with van der Waals surface area (Å²) in [5.41, 5.74) is -1.30. The van der Waals surface area contributed by atoms with Gasteiger partial charge >= 0.3 is 5.97 Å². The summed E-state index contributed by atoms with van der Waals surface area (Å²) in [5.74, 6) is -1.38. The van der Waals surface area contributed by atoms with Crippen LogP contribution in [-0.2, 0) is 4.74 Å². The van der Waals surface area contributed by atoms with Gasteiger partial charge in [-0.05, 0) is 12.1 Å². The van der Waals surface area contributed by atoms with E-state index in [4.69, 9.17) is 4.42 Å². The van der Waals surface area contributed by atoms with Crippen LogP contribution in [0, 0.1) is 0 Å². The van der Waals surface area contributed by atoms with Gasteiger partial charge in [-0.25, -0.2) is 9.78 Å². The van der Waals surface area contributed by atoms with Gasteiger partial charge in [0.05, 0.1) is 13.4 Å². The van der Waals surface area contributed by atoms with Crippen molar-refractivity contribution >= 4 is 5.97 Å². The topological polar surface area (TPSA) is 105 Å². The van der Waals surface area contributed by atoms with Crippen molar-refractivity contribution in [1.82, 2.24) is 9.97 Å². The Balaban J connectivity index is 2.62. The number of nitrogens with one attached hydrogen (secondary N) is 1. The zero-order valence-electron chi connectivity index (χ0n) is 8.76. The Labute approximate surface area is 94.7 Å². The van der Waals surface area contributed by atoms with Crippen molar-refractivity contribution in [3.8, 4) is 17.3 Å². The molecule has 2 aromatic rings. The third kappa shape index (κ3) is 1.89. The molecule has 0 bridgehead atoms. The van der Waals surface area contributed by atoms with Crippen LogP contribution < -0.4 is 5.56 Å². The van der Waals surface area contributed by atoms with Gasteiger partial charge in [-0.15, -0.1) is 0 Å². The first-order chi connectivity index (χ1) is 8.13. The summed E-state index contributed by atoms with van der Waals surface area (Å²) >= 11 is 0. The number of aromatic hydroxyl groups is 1. The highest BCUT2D eigenvalue weighted by atomic mass is 16.5. The Bertz CT molecular complexity index is 600. The van der Waals surface area contributed by atoms with Gasteiger partial charge in [0.1, 0.15) is 0 Å². The number of methoxy groups -OCH3 is 1. The van der Waals surface area contributed by atoms with Gasteiger partial charge in [-0.3, -0.25) is 4.79 Å². The quantitative estimate of drug-likeness (QED) is 0.736. The Morgan fingerprint density at radius 2 is 2.35 bits per heavy atom. The molecule has 0 amide bonds. The molecule has 0 unspecified atom stereocenters. The number of carbonyl (C=O) groups excluding carboxylic acids is 1. The zero-order valence-corrected chi connectivity index (χ0v) is 8.76. The molecule has 0 aliphatic rings. The van der Waals surface area contributed by atoms with Crippen LogP contribution in [0.25, 0.3) is 11.6 Å². The summed E-state index contributed by atoms with van der Waals surface area (Å²) in [6.07, 6.45) is 1.39. The van der Waals surface area contributed by atoms with Crippen LogP contribution in [0.1, 0.15) is 10.5 Å². The third-order valence-electron chi connectivity index (χ3n) is 2.03. The average Bonchev–Trinajstić information content (AvgIpc) is 2.85. The van der Waals surface area contributed by atoms with E-state index in [0.717, 1.165) is 7.11 Å². The van der Waals surface area contributed by atoms with Crippen molar-refractivity contribution in [1.29, 1.82) is 0 Å². The molecule has 0 atom stereocenters. The molecule has 7 nitrogen and oxygen atoms in total. The summed E-state index contributed by atoms with van der Waals surface area (Å²) in [7, 11) is 1.12. The van der Waals surface area contributed by atoms with Gasteiger partial charge in [-0.1, -0.05) is 0 Å². The molecule has 0 saturated heterocycles. The number of furan rings is 1. The van der Waals surface area contributed by atoms with E-state index in [1.807, 2.05) is 0 Å². The Morgan fingerprint density at radius 3 is 2.94 bits per heavy atom. The highest BCUT2D eigenvalue weighted by molar-refractivity contribution is 5.90. The van der Waals surface area contributed by atoms with Gasteiger partial charge < -0.3 is 19.2 Å². The third-order valence-corrected chi connectivity index (χ3v) is 2.03. The standard InChI is InChI=1S/C10H8N2O5/c1-16-10(15)6-7(13)9(14)12-8(11-6)5-3-2-4-17-5/h2-4,13H,1H3,(H,11,12,14). The first-order valence-corrected chi connectivity index (χ1v) is 4.59. The second-order valence-corrected chi connectivity index (χ2v) is 3.08. The minimum atomic E-state index is -0.901. The number of carbonyl (C=O) groups is 1. The summed E-state index contributed by atoms with van der Waals surface area (Å²) in [6.45, 7) is 0. The fraction of sp³-hybridized carbons (Fsp3) is 0.100. The lowest BCUT2D eigenvalue weighted by Crippen LogP contribution is -2.16. The lowest BCUT2D eigenvalue weighted by molar-refractivity contribution is 0.0590. The number of esters is 1. The van der Waals surface area contributed by atoms with E-state index >= 15 is 0 Å². The van der Waals surface area contributed by atoms with Crippen LogP contribution in [0.4, 0.5) is 0 Å². The normalized spacial score (nSPS) is 10.2. The summed E-state index contributed by atoms with van der Waals surface area (Å²) < 4.78 is 9.42. The molecule has 0 radical (unpaired) electrons. The fourth-order valence-electron chi connectivity index (χ4n) is 1.24. The maximum atomic E-state index is 11.4. The molecule has 88 valence electrons. The maximum absolute atomic E-state index is 11.4. The number of H-pyrrole nitrogens is 1. The van der Waals surface area contributed by atoms with Gasteiger partial charge in [0.15, 0.2) is 17.3 Å². The molecule has 2 N–H and O–H groups in total. The number of nitrogens with zero attached hydrogens (tertiary/aromatic N) is 1. The van der Waals surface area contributed by atoms with Crippen molar-refractivity contribution < 1.29 is 19.1 Å². The van der Waals surface area contributed by atoms with Crippen LogP contribution in [0.3, 0.4) is 0 Å². The van der Waals surface area contributed by atoms with Gasteiger partial charge in [-0.2, -0.15) is 0 Å². The first-order valence-electron chi connectivity index (χ1n) is 4.59. The molecule has 17 heavy (non-hydrogen) atoms. The number of rotatable bonds is 2. The van der Waals surface area contributed by atoms with E-state index < -0.39 is 23.0 Å². The second kappa shape index (κ2) is 4.12. The molecule has 7 heteroatoms. The fourth-order valence-corrected chi connectivity index (χ4v) is 1.24. The molecule has 0 spiro atoms. The Morgan fingerprint density at radius 1 is 1.59 bits per heavy atom. The van der Waals surface area contributed by atoms with E-state index in [9.17, 15) is 14.7 Å². The lowest BCUT2D eigenvalue weighted by Gasteiger charge is -2.02. The molecule has 2 aromatic heterocycles. The molecule has 0 aliphatic carbocycles. The van der Waals surface area contributed by atoms with Crippen molar-refractivity contribution in [3.05, 3.63) is 34.4 Å². The number of hydrogen-bond donors (Lipinski definition) is 2. The summed E-state index contributed by atoms with van der Waals surface area (Å²) in [4.78, 5) is 28.7. The number of hydrogen-bond acceptors (Lipinski definition) is 6. The van der Waals surface area contributed by atoms with Crippen LogP contribution in [0.2, 0.25) is 0 Å². The molecule has 0 aliphatic heterocycles. The highest BCUT2D eigenvalue weighted by Gasteiger charge is 2.19. The SMILES string of the molecule is COC(=O)c1nc(-c2ccco2)[nH]c(=O)c1O. The van der Waals surface area contributed by atoms with E-state index in [1.165, 1.54) is 6.26 Å². The van der Waals surface area contributed by atoms with Crippen LogP contribution in [0.5, 0.6) is 5.75 Å². The molecule has 2 heterocycles. The van der Waals surface area contributed by atoms with Crippen molar-refractivity contribution in [2.24, 2.45) is 0 Å². The summed E-state index contributed by atoms with van der Waals surface area (Å²) in [6, 6.07) is 3.15. The minimum Gasteiger partial charge on any atom is -0.501 e. The first kappa shape index (κ1) is 10.9. The predicted molar refractivity (Wildman–Crippen MR) is 55.6 cm³/mol. The molecular weight excluding hydrogens is 228 g/mol. The molecule has 0 saturated carbocycles. The number of ether oxygens (including phenoxy) is 1. The summed E-state index contributed by atoms with van der Waals surface area (Å²) in [5, 5.41) is 9.38. The van der Waals surface area contributed by atoms with Gasteiger partial charge in [0, 0.05) is 0 Å². The minimum absolute atomic E-state index is 0.0400. The molecule has 0 aromatic carbocycles. The van der Waals surface area contributed by atoms with E-state index in [0.29, 0.717) is 0 Å². The number of aromatic amines is 1. The Kier molecular flexibility index (Phi) is 2.65. The van der Waals surface area contributed by atoms with E-state index in [-0.39, 0.29) is 11.6 Å². The van der Waals surface area contributed by atoms with Gasteiger partial charge in [0.25, 0.3) is 5.56 Å². The lowest BCUT2D eigenvalue weighted by atomic mass is 10.3. The van der Waals surface area contributed by atoms with Crippen molar-refractivity contribution in [3.63, 3.8) is 0 Å². The molecule has 2 rings (SSSR count). The van der Waals surface area contributed by atoms with Crippen LogP contribution >= 0.6 is 0 Å². The molecular formula is C10H8N2O5. The maximum Gasteiger partial charge on any atom is 0.360 e. The van der Waals surface area contributed by atoms with Crippen molar-refractivity contribution in [2.75, 3.05) is 7.11 Å². The van der Waals surface area contributed by atoms with E-state index in [2.05, 4.69) is 14.7 Å². The number of aromatic nitrogens is 2. The monoisotopic (exact) mass is 236 g/mol. The van der Waals surface area contributed by atoms with Gasteiger partial charge in [0.2, 0.25) is 5.75 Å². The van der Waals surface area contributed by atoms with Crippen LogP contribution in [0.15, 0.2) is 27.6 Å². The second-order valence-electron chi connectivity index (χ2n) is 3.08. The largest absolute Gasteiger partial charge is 0.501 e. The zero-order chi connectivity index (χ0) is 12.4. The van der Waals surface area contributed by atoms with Crippen molar-refractivity contribution in [2.45, 2.75) is 0 Å². The smallest absolute Gasteiger partial charge is 0.360 e.